The van der Waals surface area contributed by atoms with E-state index in [9.17, 15) is 5.11 Å². The van der Waals surface area contributed by atoms with Crippen molar-refractivity contribution in [2.45, 2.75) is 25.3 Å². The second-order valence-electron chi connectivity index (χ2n) is 4.72. The molecule has 0 aromatic heterocycles. The number of hydrogen-bond donors (Lipinski definition) is 2. The summed E-state index contributed by atoms with van der Waals surface area (Å²) in [5.41, 5.74) is -0.259. The number of benzene rings is 1. The number of aliphatic hydroxyl groups excluding tert-OH is 1. The SMILES string of the molecule is CCNC(CO)(COc1ccccc1)C1CC1. The van der Waals surface area contributed by atoms with Crippen molar-refractivity contribution in [2.24, 2.45) is 5.92 Å². The van der Waals surface area contributed by atoms with Crippen molar-refractivity contribution in [3.8, 4) is 5.75 Å². The van der Waals surface area contributed by atoms with Crippen molar-refractivity contribution in [1.29, 1.82) is 0 Å². The first kappa shape index (κ1) is 12.4. The first-order chi connectivity index (χ1) is 8.30. The van der Waals surface area contributed by atoms with Crippen LogP contribution >= 0.6 is 0 Å². The molecule has 1 saturated carbocycles. The van der Waals surface area contributed by atoms with Crippen molar-refractivity contribution >= 4 is 0 Å². The Balaban J connectivity index is 1.97. The van der Waals surface area contributed by atoms with Crippen LogP contribution in [-0.4, -0.2) is 30.4 Å². The maximum Gasteiger partial charge on any atom is 0.119 e. The summed E-state index contributed by atoms with van der Waals surface area (Å²) in [4.78, 5) is 0. The molecule has 2 N–H and O–H groups in total. The Bertz CT molecular complexity index is 337. The second kappa shape index (κ2) is 5.52. The van der Waals surface area contributed by atoms with Gasteiger partial charge in [-0.05, 0) is 37.4 Å². The third-order valence-electron chi connectivity index (χ3n) is 3.41. The Morgan fingerprint density at radius 1 is 1.35 bits per heavy atom. The highest BCUT2D eigenvalue weighted by atomic mass is 16.5. The van der Waals surface area contributed by atoms with Gasteiger partial charge < -0.3 is 15.2 Å². The van der Waals surface area contributed by atoms with Crippen LogP contribution in [0.2, 0.25) is 0 Å². The van der Waals surface area contributed by atoms with Crippen molar-refractivity contribution in [3.05, 3.63) is 30.3 Å². The molecule has 1 aliphatic carbocycles. The summed E-state index contributed by atoms with van der Waals surface area (Å²) in [6.07, 6.45) is 2.37. The van der Waals surface area contributed by atoms with Gasteiger partial charge in [0.05, 0.1) is 12.1 Å². The molecule has 0 spiro atoms. The summed E-state index contributed by atoms with van der Waals surface area (Å²) in [5, 5.41) is 13.1. The van der Waals surface area contributed by atoms with Gasteiger partial charge in [0.15, 0.2) is 0 Å². The van der Waals surface area contributed by atoms with Crippen LogP contribution in [0.3, 0.4) is 0 Å². The zero-order valence-electron chi connectivity index (χ0n) is 10.4. The molecular weight excluding hydrogens is 214 g/mol. The molecule has 0 heterocycles. The van der Waals surface area contributed by atoms with Gasteiger partial charge in [-0.2, -0.15) is 0 Å². The van der Waals surface area contributed by atoms with E-state index in [2.05, 4.69) is 12.2 Å². The lowest BCUT2D eigenvalue weighted by atomic mass is 9.95. The number of rotatable bonds is 7. The zero-order chi connectivity index (χ0) is 12.1. The van der Waals surface area contributed by atoms with Crippen LogP contribution in [0.4, 0.5) is 0 Å². The molecule has 1 aromatic rings. The number of likely N-dealkylation sites (N-methyl/N-ethyl adjacent to an activating group) is 1. The minimum atomic E-state index is -0.259. The normalized spacial score (nSPS) is 18.7. The fraction of sp³-hybridized carbons (Fsp3) is 0.571. The first-order valence-corrected chi connectivity index (χ1v) is 6.34. The Kier molecular flexibility index (Phi) is 4.02. The fourth-order valence-electron chi connectivity index (χ4n) is 2.26. The molecule has 3 nitrogen and oxygen atoms in total. The Hall–Kier alpha value is -1.06. The lowest BCUT2D eigenvalue weighted by molar-refractivity contribution is 0.0864. The molecule has 2 rings (SSSR count). The lowest BCUT2D eigenvalue weighted by Crippen LogP contribution is -2.55. The van der Waals surface area contributed by atoms with Crippen molar-refractivity contribution in [2.75, 3.05) is 19.8 Å². The van der Waals surface area contributed by atoms with E-state index in [0.29, 0.717) is 12.5 Å². The molecule has 1 aliphatic rings. The third kappa shape index (κ3) is 2.99. The average Bonchev–Trinajstić information content (AvgIpc) is 3.20. The molecule has 1 unspecified atom stereocenters. The summed E-state index contributed by atoms with van der Waals surface area (Å²) in [5.74, 6) is 1.42. The van der Waals surface area contributed by atoms with Gasteiger partial charge in [-0.3, -0.25) is 0 Å². The third-order valence-corrected chi connectivity index (χ3v) is 3.41. The van der Waals surface area contributed by atoms with Gasteiger partial charge in [0.2, 0.25) is 0 Å². The van der Waals surface area contributed by atoms with Crippen LogP contribution in [0.5, 0.6) is 5.75 Å². The summed E-state index contributed by atoms with van der Waals surface area (Å²) >= 11 is 0. The van der Waals surface area contributed by atoms with E-state index in [0.717, 1.165) is 12.3 Å². The van der Waals surface area contributed by atoms with Gasteiger partial charge in [0, 0.05) is 0 Å². The molecule has 17 heavy (non-hydrogen) atoms. The van der Waals surface area contributed by atoms with Crippen molar-refractivity contribution < 1.29 is 9.84 Å². The zero-order valence-corrected chi connectivity index (χ0v) is 10.4. The monoisotopic (exact) mass is 235 g/mol. The highest BCUT2D eigenvalue weighted by Crippen LogP contribution is 2.39. The van der Waals surface area contributed by atoms with Crippen molar-refractivity contribution in [1.82, 2.24) is 5.32 Å². The highest BCUT2D eigenvalue weighted by Gasteiger charge is 2.45. The summed E-state index contributed by atoms with van der Waals surface area (Å²) in [7, 11) is 0. The van der Waals surface area contributed by atoms with E-state index in [4.69, 9.17) is 4.74 Å². The van der Waals surface area contributed by atoms with E-state index in [-0.39, 0.29) is 12.1 Å². The molecule has 94 valence electrons. The van der Waals surface area contributed by atoms with Gasteiger partial charge in [-0.1, -0.05) is 25.1 Å². The van der Waals surface area contributed by atoms with E-state index >= 15 is 0 Å². The molecule has 1 fully saturated rings. The van der Waals surface area contributed by atoms with Crippen LogP contribution in [-0.2, 0) is 0 Å². The average molecular weight is 235 g/mol. The van der Waals surface area contributed by atoms with Gasteiger partial charge in [0.25, 0.3) is 0 Å². The Morgan fingerprint density at radius 3 is 2.59 bits per heavy atom. The summed E-state index contributed by atoms with van der Waals surface area (Å²) < 4.78 is 5.79. The summed E-state index contributed by atoms with van der Waals surface area (Å²) in [6.45, 7) is 3.59. The quantitative estimate of drug-likeness (QED) is 0.757. The maximum absolute atomic E-state index is 9.65. The fourth-order valence-corrected chi connectivity index (χ4v) is 2.26. The van der Waals surface area contributed by atoms with Crippen LogP contribution in [0, 0.1) is 5.92 Å². The first-order valence-electron chi connectivity index (χ1n) is 6.34. The molecule has 0 amide bonds. The predicted molar refractivity (Wildman–Crippen MR) is 68.2 cm³/mol. The lowest BCUT2D eigenvalue weighted by Gasteiger charge is -2.32. The van der Waals surface area contributed by atoms with Crippen LogP contribution in [0.1, 0.15) is 19.8 Å². The minimum absolute atomic E-state index is 0.137. The summed E-state index contributed by atoms with van der Waals surface area (Å²) in [6, 6.07) is 9.78. The molecule has 0 radical (unpaired) electrons. The van der Waals surface area contributed by atoms with E-state index in [1.54, 1.807) is 0 Å². The molecule has 0 bridgehead atoms. The molecule has 0 aliphatic heterocycles. The van der Waals surface area contributed by atoms with Gasteiger partial charge in [-0.25, -0.2) is 0 Å². The largest absolute Gasteiger partial charge is 0.492 e. The van der Waals surface area contributed by atoms with Crippen molar-refractivity contribution in [3.63, 3.8) is 0 Å². The van der Waals surface area contributed by atoms with Gasteiger partial charge in [-0.15, -0.1) is 0 Å². The smallest absolute Gasteiger partial charge is 0.119 e. The van der Waals surface area contributed by atoms with Gasteiger partial charge in [0.1, 0.15) is 12.4 Å². The van der Waals surface area contributed by atoms with Crippen LogP contribution < -0.4 is 10.1 Å². The maximum atomic E-state index is 9.65. The van der Waals surface area contributed by atoms with Gasteiger partial charge >= 0.3 is 0 Å². The van der Waals surface area contributed by atoms with Crippen LogP contribution in [0.25, 0.3) is 0 Å². The topological polar surface area (TPSA) is 41.5 Å². The van der Waals surface area contributed by atoms with Crippen LogP contribution in [0.15, 0.2) is 30.3 Å². The number of hydrogen-bond acceptors (Lipinski definition) is 3. The molecule has 1 atom stereocenters. The standard InChI is InChI=1S/C14H21NO2/c1-2-15-14(10-16,12-8-9-12)11-17-13-6-4-3-5-7-13/h3-7,12,15-16H,2,8-11H2,1H3. The molecular formula is C14H21NO2. The second-order valence-corrected chi connectivity index (χ2v) is 4.72. The highest BCUT2D eigenvalue weighted by molar-refractivity contribution is 5.21. The predicted octanol–water partition coefficient (Wildman–Crippen LogP) is 1.82. The number of para-hydroxylation sites is 1. The molecule has 1 aromatic carbocycles. The molecule has 0 saturated heterocycles. The Morgan fingerprint density at radius 2 is 2.06 bits per heavy atom. The van der Waals surface area contributed by atoms with E-state index in [1.807, 2.05) is 30.3 Å². The minimum Gasteiger partial charge on any atom is -0.492 e. The van der Waals surface area contributed by atoms with E-state index in [1.165, 1.54) is 12.8 Å². The van der Waals surface area contributed by atoms with E-state index < -0.39 is 0 Å². The number of nitrogens with one attached hydrogen (secondary N) is 1. The number of ether oxygens (including phenoxy) is 1. The number of aliphatic hydroxyl groups is 1. The Labute approximate surface area is 103 Å². The molecule has 3 heteroatoms.